The van der Waals surface area contributed by atoms with Gasteiger partial charge in [0.25, 0.3) is 0 Å². The maximum atomic E-state index is 13.0. The molecule has 7 N–H and O–H groups in total. The molecular formula is C47H85NO9. The van der Waals surface area contributed by atoms with Crippen molar-refractivity contribution < 1.29 is 44.9 Å². The summed E-state index contributed by atoms with van der Waals surface area (Å²) in [4.78, 5) is 13.0. The largest absolute Gasteiger partial charge is 0.394 e. The van der Waals surface area contributed by atoms with E-state index in [1.54, 1.807) is 6.08 Å². The first kappa shape index (κ1) is 53.1. The van der Waals surface area contributed by atoms with Gasteiger partial charge in [0.05, 0.1) is 25.4 Å². The zero-order chi connectivity index (χ0) is 41.8. The Kier molecular flexibility index (Phi) is 34.6. The van der Waals surface area contributed by atoms with Gasteiger partial charge in [-0.25, -0.2) is 0 Å². The van der Waals surface area contributed by atoms with Gasteiger partial charge in [0, 0.05) is 0 Å². The number of nitrogens with one attached hydrogen (secondary N) is 1. The van der Waals surface area contributed by atoms with Crippen LogP contribution in [0.4, 0.5) is 0 Å². The topological polar surface area (TPSA) is 169 Å². The van der Waals surface area contributed by atoms with Crippen LogP contribution in [0.25, 0.3) is 0 Å². The predicted octanol–water partition coefficient (Wildman–Crippen LogP) is 8.42. The zero-order valence-corrected chi connectivity index (χ0v) is 35.9. The van der Waals surface area contributed by atoms with Gasteiger partial charge in [-0.15, -0.1) is 0 Å². The molecule has 57 heavy (non-hydrogen) atoms. The molecule has 1 saturated heterocycles. The van der Waals surface area contributed by atoms with Crippen molar-refractivity contribution in [3.63, 3.8) is 0 Å². The third-order valence-electron chi connectivity index (χ3n) is 10.8. The van der Waals surface area contributed by atoms with Crippen LogP contribution >= 0.6 is 0 Å². The second-order valence-corrected chi connectivity index (χ2v) is 16.0. The highest BCUT2D eigenvalue weighted by atomic mass is 16.7. The lowest BCUT2D eigenvalue weighted by atomic mass is 9.99. The molecule has 0 radical (unpaired) electrons. The second-order valence-electron chi connectivity index (χ2n) is 16.0. The first-order valence-corrected chi connectivity index (χ1v) is 23.0. The summed E-state index contributed by atoms with van der Waals surface area (Å²) in [6.45, 7) is 3.54. The predicted molar refractivity (Wildman–Crippen MR) is 232 cm³/mol. The molecule has 0 aromatic rings. The molecule has 10 nitrogen and oxygen atoms in total. The summed E-state index contributed by atoms with van der Waals surface area (Å²) < 4.78 is 11.1. The van der Waals surface area contributed by atoms with Crippen molar-refractivity contribution in [2.45, 2.75) is 230 Å². The highest BCUT2D eigenvalue weighted by Crippen LogP contribution is 2.22. The summed E-state index contributed by atoms with van der Waals surface area (Å²) >= 11 is 0. The molecule has 0 aromatic carbocycles. The Morgan fingerprint density at radius 3 is 1.63 bits per heavy atom. The number of unbranched alkanes of at least 4 members (excludes halogenated alkanes) is 21. The van der Waals surface area contributed by atoms with Gasteiger partial charge in [0.1, 0.15) is 30.5 Å². The number of aliphatic hydroxyl groups is 6. The lowest BCUT2D eigenvalue weighted by Gasteiger charge is -2.40. The number of hydrogen-bond acceptors (Lipinski definition) is 9. The van der Waals surface area contributed by atoms with Crippen molar-refractivity contribution in [2.24, 2.45) is 0 Å². The Balaban J connectivity index is 2.43. The van der Waals surface area contributed by atoms with Gasteiger partial charge in [0.2, 0.25) is 5.91 Å². The SMILES string of the molecule is CCCCCCC/C=C/C=C/CC/C=C/C(O)C(CO[C@@H]1O[C@H](CO)[C@@H](O)[C@H](O)[C@H]1O)NC(=O)C(O)CCCCCCCCCCC/C=C\CCCCCCCC. The van der Waals surface area contributed by atoms with E-state index < -0.39 is 61.5 Å². The van der Waals surface area contributed by atoms with Gasteiger partial charge in [0.15, 0.2) is 6.29 Å². The summed E-state index contributed by atoms with van der Waals surface area (Å²) in [5.41, 5.74) is 0. The Bertz CT molecular complexity index is 1050. The molecular weight excluding hydrogens is 723 g/mol. The molecule has 0 saturated carbocycles. The normalized spacial score (nSPS) is 22.0. The number of hydrogen-bond donors (Lipinski definition) is 7. The van der Waals surface area contributed by atoms with Crippen LogP contribution in [0.3, 0.4) is 0 Å². The Morgan fingerprint density at radius 1 is 0.614 bits per heavy atom. The summed E-state index contributed by atoms with van der Waals surface area (Å²) in [6, 6.07) is -1.01. The van der Waals surface area contributed by atoms with E-state index in [4.69, 9.17) is 9.47 Å². The summed E-state index contributed by atoms with van der Waals surface area (Å²) in [5.74, 6) is -0.637. The van der Waals surface area contributed by atoms with Crippen molar-refractivity contribution >= 4 is 5.91 Å². The van der Waals surface area contributed by atoms with Gasteiger partial charge in [-0.05, 0) is 57.8 Å². The van der Waals surface area contributed by atoms with Gasteiger partial charge in [-0.3, -0.25) is 4.79 Å². The smallest absolute Gasteiger partial charge is 0.249 e. The van der Waals surface area contributed by atoms with E-state index >= 15 is 0 Å². The molecule has 1 aliphatic heterocycles. The highest BCUT2D eigenvalue weighted by Gasteiger charge is 2.44. The Hall–Kier alpha value is -1.89. The van der Waals surface area contributed by atoms with Crippen LogP contribution in [0.2, 0.25) is 0 Å². The van der Waals surface area contributed by atoms with Gasteiger partial charge < -0.3 is 45.4 Å². The van der Waals surface area contributed by atoms with Crippen LogP contribution < -0.4 is 5.32 Å². The summed E-state index contributed by atoms with van der Waals surface area (Å²) in [7, 11) is 0. The second kappa shape index (κ2) is 37.1. The zero-order valence-electron chi connectivity index (χ0n) is 35.9. The van der Waals surface area contributed by atoms with Crippen LogP contribution in [-0.4, -0.2) is 98.7 Å². The van der Waals surface area contributed by atoms with E-state index in [1.165, 1.54) is 116 Å². The van der Waals surface area contributed by atoms with Crippen molar-refractivity contribution in [3.8, 4) is 0 Å². The van der Waals surface area contributed by atoms with Crippen molar-refractivity contribution in [1.82, 2.24) is 5.32 Å². The first-order valence-electron chi connectivity index (χ1n) is 23.0. The summed E-state index contributed by atoms with van der Waals surface area (Å²) in [6.07, 6.45) is 36.3. The number of amides is 1. The molecule has 1 rings (SSSR count). The number of carbonyl (C=O) groups excluding carboxylic acids is 1. The van der Waals surface area contributed by atoms with Crippen LogP contribution in [0.1, 0.15) is 181 Å². The number of allylic oxidation sites excluding steroid dienone is 7. The minimum atomic E-state index is -1.62. The monoisotopic (exact) mass is 808 g/mol. The molecule has 0 spiro atoms. The van der Waals surface area contributed by atoms with Gasteiger partial charge in [-0.2, -0.15) is 0 Å². The van der Waals surface area contributed by atoms with Crippen LogP contribution in [0.5, 0.6) is 0 Å². The van der Waals surface area contributed by atoms with E-state index in [0.717, 1.165) is 32.1 Å². The molecule has 1 fully saturated rings. The molecule has 1 aliphatic rings. The lowest BCUT2D eigenvalue weighted by molar-refractivity contribution is -0.302. The average molecular weight is 808 g/mol. The van der Waals surface area contributed by atoms with Crippen LogP contribution in [0.15, 0.2) is 48.6 Å². The van der Waals surface area contributed by atoms with Crippen LogP contribution in [-0.2, 0) is 14.3 Å². The maximum Gasteiger partial charge on any atom is 0.249 e. The highest BCUT2D eigenvalue weighted by molar-refractivity contribution is 5.80. The number of aliphatic hydroxyl groups excluding tert-OH is 6. The third kappa shape index (κ3) is 27.5. The van der Waals surface area contributed by atoms with Gasteiger partial charge >= 0.3 is 0 Å². The standard InChI is InChI=1S/C47H85NO9/c1-3-5-7-9-11-13-15-17-18-19-20-21-22-24-26-28-30-32-34-36-41(51)46(55)48-39(38-56-47-45(54)44(53)43(52)42(37-49)57-47)40(50)35-33-31-29-27-25-23-16-14-12-10-8-6-4-2/h16-18,23,25,27,33,35,39-45,47,49-54H,3-15,19-22,24,26,28-32,34,36-38H2,1-2H3,(H,48,55)/b18-17-,23-16+,27-25+,35-33+/t39?,40?,41?,42-,43-,44+,45-,47-/m1/s1. The summed E-state index contributed by atoms with van der Waals surface area (Å²) in [5, 5.41) is 64.5. The molecule has 1 amide bonds. The quantitative estimate of drug-likeness (QED) is 0.0185. The lowest BCUT2D eigenvalue weighted by Crippen LogP contribution is -2.60. The molecule has 332 valence electrons. The fraction of sp³-hybridized carbons (Fsp3) is 0.809. The van der Waals surface area contributed by atoms with Crippen LogP contribution in [0, 0.1) is 0 Å². The average Bonchev–Trinajstić information content (AvgIpc) is 3.21. The number of carbonyl (C=O) groups is 1. The first-order chi connectivity index (χ1) is 27.8. The molecule has 0 aliphatic carbocycles. The third-order valence-corrected chi connectivity index (χ3v) is 10.8. The van der Waals surface area contributed by atoms with E-state index in [1.807, 2.05) is 12.2 Å². The van der Waals surface area contributed by atoms with Gasteiger partial charge in [-0.1, -0.05) is 172 Å². The van der Waals surface area contributed by atoms with Crippen molar-refractivity contribution in [3.05, 3.63) is 48.6 Å². The fourth-order valence-electron chi connectivity index (χ4n) is 6.93. The Labute approximate surface area is 346 Å². The van der Waals surface area contributed by atoms with E-state index in [9.17, 15) is 35.4 Å². The number of ether oxygens (including phenoxy) is 2. The minimum Gasteiger partial charge on any atom is -0.394 e. The number of rotatable bonds is 37. The fourth-order valence-corrected chi connectivity index (χ4v) is 6.93. The Morgan fingerprint density at radius 2 is 1.09 bits per heavy atom. The van der Waals surface area contributed by atoms with E-state index in [0.29, 0.717) is 19.3 Å². The molecule has 8 atom stereocenters. The molecule has 1 heterocycles. The maximum absolute atomic E-state index is 13.0. The molecule has 0 bridgehead atoms. The molecule has 0 aromatic heterocycles. The molecule has 10 heteroatoms. The van der Waals surface area contributed by atoms with Crippen molar-refractivity contribution in [2.75, 3.05) is 13.2 Å². The molecule has 3 unspecified atom stereocenters. The minimum absolute atomic E-state index is 0.296. The van der Waals surface area contributed by atoms with Crippen molar-refractivity contribution in [1.29, 1.82) is 0 Å². The van der Waals surface area contributed by atoms with E-state index in [-0.39, 0.29) is 6.61 Å². The van der Waals surface area contributed by atoms with E-state index in [2.05, 4.69) is 49.5 Å².